The summed E-state index contributed by atoms with van der Waals surface area (Å²) in [6, 6.07) is 16.3. The van der Waals surface area contributed by atoms with E-state index in [4.69, 9.17) is 4.74 Å². The van der Waals surface area contributed by atoms with Crippen molar-refractivity contribution < 1.29 is 13.2 Å². The van der Waals surface area contributed by atoms with E-state index in [2.05, 4.69) is 10.0 Å². The molecule has 5 nitrogen and oxygen atoms in total. The molecule has 0 spiro atoms. The van der Waals surface area contributed by atoms with Gasteiger partial charge in [-0.2, -0.15) is 11.3 Å². The number of rotatable bonds is 6. The summed E-state index contributed by atoms with van der Waals surface area (Å²) in [6.45, 7) is 0. The molecule has 0 atom stereocenters. The van der Waals surface area contributed by atoms with Crippen LogP contribution in [0.5, 0.6) is 5.75 Å². The van der Waals surface area contributed by atoms with E-state index in [-0.39, 0.29) is 4.90 Å². The van der Waals surface area contributed by atoms with E-state index in [1.165, 1.54) is 11.3 Å². The van der Waals surface area contributed by atoms with Crippen LogP contribution in [0.15, 0.2) is 70.3 Å². The minimum atomic E-state index is -3.58. The van der Waals surface area contributed by atoms with Gasteiger partial charge < -0.3 is 10.1 Å². The highest BCUT2D eigenvalue weighted by Gasteiger charge is 2.15. The van der Waals surface area contributed by atoms with Gasteiger partial charge in [-0.05, 0) is 35.7 Å². The quantitative estimate of drug-likeness (QED) is 0.688. The SMILES string of the molecule is COc1cc(NS(=O)(=O)c2ccsc2)ccc1Nc1ccccc1. The third-order valence-electron chi connectivity index (χ3n) is 3.31. The van der Waals surface area contributed by atoms with Crippen LogP contribution >= 0.6 is 11.3 Å². The predicted octanol–water partition coefficient (Wildman–Crippen LogP) is 4.30. The van der Waals surface area contributed by atoms with Crippen LogP contribution in [-0.2, 0) is 10.0 Å². The van der Waals surface area contributed by atoms with E-state index in [0.29, 0.717) is 11.4 Å². The zero-order chi connectivity index (χ0) is 17.0. The zero-order valence-electron chi connectivity index (χ0n) is 12.9. The molecule has 2 aromatic carbocycles. The Morgan fingerprint density at radius 2 is 1.79 bits per heavy atom. The highest BCUT2D eigenvalue weighted by molar-refractivity contribution is 7.92. The van der Waals surface area contributed by atoms with Crippen LogP contribution in [0, 0.1) is 0 Å². The Hall–Kier alpha value is -2.51. The van der Waals surface area contributed by atoms with E-state index in [1.807, 2.05) is 30.3 Å². The molecule has 0 saturated heterocycles. The first kappa shape index (κ1) is 16.4. The molecule has 0 unspecified atom stereocenters. The first-order valence-corrected chi connectivity index (χ1v) is 9.56. The van der Waals surface area contributed by atoms with Gasteiger partial charge in [-0.3, -0.25) is 4.72 Å². The molecule has 0 fully saturated rings. The molecule has 0 aliphatic carbocycles. The number of thiophene rings is 1. The Morgan fingerprint density at radius 3 is 2.46 bits per heavy atom. The van der Waals surface area contributed by atoms with Crippen LogP contribution in [-0.4, -0.2) is 15.5 Å². The van der Waals surface area contributed by atoms with Gasteiger partial charge in [0.1, 0.15) is 5.75 Å². The zero-order valence-corrected chi connectivity index (χ0v) is 14.5. The van der Waals surface area contributed by atoms with Crippen molar-refractivity contribution in [3.63, 3.8) is 0 Å². The topological polar surface area (TPSA) is 67.4 Å². The summed E-state index contributed by atoms with van der Waals surface area (Å²) in [4.78, 5) is 0.248. The molecular formula is C17H16N2O3S2. The number of hydrogen-bond acceptors (Lipinski definition) is 5. The van der Waals surface area contributed by atoms with Gasteiger partial charge in [0.2, 0.25) is 0 Å². The summed E-state index contributed by atoms with van der Waals surface area (Å²) in [5, 5.41) is 6.55. The average Bonchev–Trinajstić information content (AvgIpc) is 3.12. The van der Waals surface area contributed by atoms with E-state index in [0.717, 1.165) is 11.4 Å². The maximum atomic E-state index is 12.3. The molecule has 124 valence electrons. The first-order chi connectivity index (χ1) is 11.6. The van der Waals surface area contributed by atoms with Crippen LogP contribution in [0.3, 0.4) is 0 Å². The molecule has 0 radical (unpaired) electrons. The predicted molar refractivity (Wildman–Crippen MR) is 97.8 cm³/mol. The Kier molecular flexibility index (Phi) is 4.73. The van der Waals surface area contributed by atoms with Crippen molar-refractivity contribution in [1.29, 1.82) is 0 Å². The van der Waals surface area contributed by atoms with Gasteiger partial charge in [0.25, 0.3) is 10.0 Å². The highest BCUT2D eigenvalue weighted by Crippen LogP contribution is 2.31. The third kappa shape index (κ3) is 3.69. The van der Waals surface area contributed by atoms with Crippen molar-refractivity contribution >= 4 is 38.4 Å². The molecule has 0 bridgehead atoms. The van der Waals surface area contributed by atoms with Gasteiger partial charge in [0.05, 0.1) is 23.4 Å². The fourth-order valence-electron chi connectivity index (χ4n) is 2.15. The van der Waals surface area contributed by atoms with E-state index < -0.39 is 10.0 Å². The summed E-state index contributed by atoms with van der Waals surface area (Å²) < 4.78 is 32.5. The number of methoxy groups -OCH3 is 1. The second-order valence-corrected chi connectivity index (χ2v) is 7.43. The summed E-state index contributed by atoms with van der Waals surface area (Å²) >= 11 is 1.33. The summed E-state index contributed by atoms with van der Waals surface area (Å²) in [7, 11) is -2.04. The molecule has 0 amide bonds. The van der Waals surface area contributed by atoms with Crippen LogP contribution in [0.2, 0.25) is 0 Å². The third-order valence-corrected chi connectivity index (χ3v) is 5.52. The van der Waals surface area contributed by atoms with Gasteiger partial charge in [-0.1, -0.05) is 18.2 Å². The fraction of sp³-hybridized carbons (Fsp3) is 0.0588. The molecule has 3 rings (SSSR count). The molecule has 1 aromatic heterocycles. The Morgan fingerprint density at radius 1 is 1.00 bits per heavy atom. The Labute approximate surface area is 145 Å². The number of ether oxygens (including phenoxy) is 1. The standard InChI is InChI=1S/C17H16N2O3S2/c1-22-17-11-14(19-24(20,21)15-9-10-23-12-15)7-8-16(17)18-13-5-3-2-4-6-13/h2-12,18-19H,1H3. The number of sulfonamides is 1. The molecule has 0 aliphatic rings. The molecule has 0 aliphatic heterocycles. The maximum Gasteiger partial charge on any atom is 0.262 e. The van der Waals surface area contributed by atoms with Crippen molar-refractivity contribution in [3.8, 4) is 5.75 Å². The normalized spacial score (nSPS) is 11.0. The van der Waals surface area contributed by atoms with Crippen LogP contribution in [0.1, 0.15) is 0 Å². The van der Waals surface area contributed by atoms with Crippen molar-refractivity contribution in [3.05, 3.63) is 65.4 Å². The number of hydrogen-bond donors (Lipinski definition) is 2. The lowest BCUT2D eigenvalue weighted by Crippen LogP contribution is -2.12. The Balaban J connectivity index is 1.84. The van der Waals surface area contributed by atoms with Gasteiger partial charge in [-0.25, -0.2) is 8.42 Å². The molecule has 3 aromatic rings. The van der Waals surface area contributed by atoms with Crippen molar-refractivity contribution in [2.24, 2.45) is 0 Å². The Bertz CT molecular complexity index is 908. The second kappa shape index (κ2) is 6.94. The molecule has 7 heteroatoms. The van der Waals surface area contributed by atoms with Gasteiger partial charge in [0, 0.05) is 17.1 Å². The number of nitrogens with one attached hydrogen (secondary N) is 2. The second-order valence-electron chi connectivity index (χ2n) is 4.97. The number of anilines is 3. The molecule has 1 heterocycles. The molecular weight excluding hydrogens is 344 g/mol. The van der Waals surface area contributed by atoms with Gasteiger partial charge in [-0.15, -0.1) is 0 Å². The van der Waals surface area contributed by atoms with E-state index in [9.17, 15) is 8.42 Å². The number of benzene rings is 2. The monoisotopic (exact) mass is 360 g/mol. The van der Waals surface area contributed by atoms with E-state index >= 15 is 0 Å². The van der Waals surface area contributed by atoms with Crippen molar-refractivity contribution in [2.45, 2.75) is 4.90 Å². The smallest absolute Gasteiger partial charge is 0.262 e. The fourth-order valence-corrected chi connectivity index (χ4v) is 4.23. The van der Waals surface area contributed by atoms with Crippen LogP contribution in [0.4, 0.5) is 17.1 Å². The lowest BCUT2D eigenvalue weighted by atomic mass is 10.2. The van der Waals surface area contributed by atoms with Gasteiger partial charge >= 0.3 is 0 Å². The molecule has 2 N–H and O–H groups in total. The van der Waals surface area contributed by atoms with E-state index in [1.54, 1.807) is 42.1 Å². The minimum absolute atomic E-state index is 0.248. The number of para-hydroxylation sites is 1. The minimum Gasteiger partial charge on any atom is -0.494 e. The molecule has 24 heavy (non-hydrogen) atoms. The van der Waals surface area contributed by atoms with Gasteiger partial charge in [0.15, 0.2) is 0 Å². The van der Waals surface area contributed by atoms with Crippen molar-refractivity contribution in [2.75, 3.05) is 17.1 Å². The van der Waals surface area contributed by atoms with Crippen LogP contribution < -0.4 is 14.8 Å². The summed E-state index contributed by atoms with van der Waals surface area (Å²) in [6.07, 6.45) is 0. The lowest BCUT2D eigenvalue weighted by molar-refractivity contribution is 0.417. The molecule has 0 saturated carbocycles. The summed E-state index contributed by atoms with van der Waals surface area (Å²) in [5.41, 5.74) is 2.11. The maximum absolute atomic E-state index is 12.3. The highest BCUT2D eigenvalue weighted by atomic mass is 32.2. The average molecular weight is 360 g/mol. The van der Waals surface area contributed by atoms with Crippen molar-refractivity contribution in [1.82, 2.24) is 0 Å². The van der Waals surface area contributed by atoms with Crippen LogP contribution in [0.25, 0.3) is 0 Å². The largest absolute Gasteiger partial charge is 0.494 e. The lowest BCUT2D eigenvalue weighted by Gasteiger charge is -2.13. The summed E-state index contributed by atoms with van der Waals surface area (Å²) in [5.74, 6) is 0.546. The first-order valence-electron chi connectivity index (χ1n) is 7.13.